The molecule has 0 saturated carbocycles. The average molecular weight is 223 g/mol. The third-order valence-electron chi connectivity index (χ3n) is 2.43. The molecule has 1 aromatic carbocycles. The first-order chi connectivity index (χ1) is 8.30. The smallest absolute Gasteiger partial charge is 0.177 e. The average Bonchev–Trinajstić information content (AvgIpc) is 2.81. The first-order valence-electron chi connectivity index (χ1n) is 4.97. The number of hydrogen-bond donors (Lipinski definition) is 1. The molecule has 0 bridgehead atoms. The molecular weight excluding hydrogens is 214 g/mol. The van der Waals surface area contributed by atoms with Crippen molar-refractivity contribution in [2.24, 2.45) is 5.73 Å². The number of nitrogens with two attached hydrogens (primary N) is 1. The van der Waals surface area contributed by atoms with Gasteiger partial charge in [0.05, 0.1) is 0 Å². The molecule has 1 aromatic heterocycles. The highest BCUT2D eigenvalue weighted by Gasteiger charge is 2.10. The van der Waals surface area contributed by atoms with Gasteiger partial charge in [-0.3, -0.25) is 4.57 Å². The van der Waals surface area contributed by atoms with Crippen LogP contribution < -0.4 is 5.73 Å². The Bertz CT molecular complexity index is 610. The maximum absolute atomic E-state index is 9.00. The summed E-state index contributed by atoms with van der Waals surface area (Å²) >= 11 is 0. The van der Waals surface area contributed by atoms with E-state index in [1.165, 1.54) is 6.33 Å². The van der Waals surface area contributed by atoms with Crippen molar-refractivity contribution in [3.8, 4) is 17.8 Å². The van der Waals surface area contributed by atoms with Gasteiger partial charge in [0.1, 0.15) is 18.5 Å². The molecule has 0 saturated heterocycles. The Kier molecular flexibility index (Phi) is 2.87. The molecule has 0 atom stereocenters. The van der Waals surface area contributed by atoms with E-state index in [0.717, 1.165) is 11.3 Å². The molecule has 0 radical (unpaired) electrons. The summed E-state index contributed by atoms with van der Waals surface area (Å²) in [6.45, 7) is 0.471. The van der Waals surface area contributed by atoms with Crippen molar-refractivity contribution in [3.63, 3.8) is 0 Å². The summed E-state index contributed by atoms with van der Waals surface area (Å²) in [5.41, 5.74) is 7.68. The van der Waals surface area contributed by atoms with Crippen molar-refractivity contribution in [2.45, 2.75) is 6.54 Å². The minimum absolute atomic E-state index is 0.135. The van der Waals surface area contributed by atoms with Crippen molar-refractivity contribution in [1.29, 1.82) is 10.5 Å². The molecule has 0 unspecified atom stereocenters. The molecule has 17 heavy (non-hydrogen) atoms. The molecule has 0 aliphatic rings. The second-order valence-electron chi connectivity index (χ2n) is 3.41. The van der Waals surface area contributed by atoms with Crippen molar-refractivity contribution in [1.82, 2.24) is 9.55 Å². The van der Waals surface area contributed by atoms with E-state index in [1.807, 2.05) is 36.4 Å². The first-order valence-corrected chi connectivity index (χ1v) is 4.97. The van der Waals surface area contributed by atoms with Crippen molar-refractivity contribution in [2.75, 3.05) is 0 Å². The largest absolute Gasteiger partial charge is 0.326 e. The van der Waals surface area contributed by atoms with Crippen molar-refractivity contribution >= 4 is 0 Å². The maximum atomic E-state index is 9.00. The molecule has 0 aliphatic heterocycles. The van der Waals surface area contributed by atoms with Gasteiger partial charge < -0.3 is 5.73 Å². The van der Waals surface area contributed by atoms with Crippen LogP contribution in [-0.2, 0) is 6.54 Å². The predicted molar refractivity (Wildman–Crippen MR) is 60.9 cm³/mol. The number of hydrogen-bond acceptors (Lipinski definition) is 4. The van der Waals surface area contributed by atoms with Crippen molar-refractivity contribution in [3.05, 3.63) is 47.5 Å². The third kappa shape index (κ3) is 1.87. The lowest BCUT2D eigenvalue weighted by Crippen LogP contribution is -1.99. The van der Waals surface area contributed by atoms with Crippen LogP contribution in [0.3, 0.4) is 0 Å². The quantitative estimate of drug-likeness (QED) is 0.824. The Labute approximate surface area is 98.3 Å². The maximum Gasteiger partial charge on any atom is 0.177 e. The van der Waals surface area contributed by atoms with Gasteiger partial charge in [-0.15, -0.1) is 0 Å². The van der Waals surface area contributed by atoms with Gasteiger partial charge in [0.15, 0.2) is 11.4 Å². The molecule has 0 spiro atoms. The topological polar surface area (TPSA) is 91.4 Å². The Morgan fingerprint density at radius 3 is 2.41 bits per heavy atom. The molecule has 82 valence electrons. The summed E-state index contributed by atoms with van der Waals surface area (Å²) < 4.78 is 1.58. The lowest BCUT2D eigenvalue weighted by molar-refractivity contribution is 1.02. The Hall–Kier alpha value is -2.63. The molecule has 0 aliphatic carbocycles. The van der Waals surface area contributed by atoms with E-state index in [4.69, 9.17) is 16.3 Å². The Morgan fingerprint density at radius 2 is 1.88 bits per heavy atom. The third-order valence-corrected chi connectivity index (χ3v) is 2.43. The SMILES string of the molecule is N#Cc1ncn(-c2ccc(CN)cc2)c1C#N. The predicted octanol–water partition coefficient (Wildman–Crippen LogP) is 1.07. The summed E-state index contributed by atoms with van der Waals surface area (Å²) in [6.07, 6.45) is 1.47. The lowest BCUT2D eigenvalue weighted by atomic mass is 10.2. The van der Waals surface area contributed by atoms with Gasteiger partial charge in [-0.1, -0.05) is 12.1 Å². The Balaban J connectivity index is 2.50. The number of imidazole rings is 1. The zero-order chi connectivity index (χ0) is 12.3. The standard InChI is InChI=1S/C12H9N5/c13-5-9-1-3-10(4-2-9)17-8-16-11(6-14)12(17)7-15/h1-4,8H,5,13H2. The van der Waals surface area contributed by atoms with Crippen LogP contribution in [0.4, 0.5) is 0 Å². The Morgan fingerprint density at radius 1 is 1.18 bits per heavy atom. The fraction of sp³-hybridized carbons (Fsp3) is 0.0833. The van der Waals surface area contributed by atoms with Gasteiger partial charge in [-0.05, 0) is 17.7 Å². The summed E-state index contributed by atoms with van der Waals surface area (Å²) in [5, 5.41) is 17.8. The molecule has 1 heterocycles. The fourth-order valence-electron chi connectivity index (χ4n) is 1.53. The van der Waals surface area contributed by atoms with Gasteiger partial charge >= 0.3 is 0 Å². The summed E-state index contributed by atoms with van der Waals surface area (Å²) in [6, 6.07) is 11.3. The summed E-state index contributed by atoms with van der Waals surface area (Å²) in [4.78, 5) is 3.88. The summed E-state index contributed by atoms with van der Waals surface area (Å²) in [7, 11) is 0. The normalized spacial score (nSPS) is 9.59. The molecule has 0 amide bonds. The number of nitrogens with zero attached hydrogens (tertiary/aromatic N) is 4. The van der Waals surface area contributed by atoms with E-state index in [2.05, 4.69) is 4.98 Å². The van der Waals surface area contributed by atoms with Crippen LogP contribution in [0.15, 0.2) is 30.6 Å². The van der Waals surface area contributed by atoms with E-state index >= 15 is 0 Å². The van der Waals surface area contributed by atoms with Crippen LogP contribution in [0.2, 0.25) is 0 Å². The van der Waals surface area contributed by atoms with Gasteiger partial charge in [0, 0.05) is 12.2 Å². The van der Waals surface area contributed by atoms with E-state index < -0.39 is 0 Å². The number of nitriles is 2. The van der Waals surface area contributed by atoms with Crippen molar-refractivity contribution < 1.29 is 0 Å². The molecular formula is C12H9N5. The molecule has 5 nitrogen and oxygen atoms in total. The van der Waals surface area contributed by atoms with E-state index in [9.17, 15) is 0 Å². The fourth-order valence-corrected chi connectivity index (χ4v) is 1.53. The zero-order valence-corrected chi connectivity index (χ0v) is 8.96. The zero-order valence-electron chi connectivity index (χ0n) is 8.96. The highest BCUT2D eigenvalue weighted by Crippen LogP contribution is 2.14. The van der Waals surface area contributed by atoms with Gasteiger partial charge in [0.2, 0.25) is 0 Å². The molecule has 5 heteroatoms. The minimum Gasteiger partial charge on any atom is -0.326 e. The molecule has 2 N–H and O–H groups in total. The highest BCUT2D eigenvalue weighted by atomic mass is 15.1. The van der Waals surface area contributed by atoms with Crippen LogP contribution >= 0.6 is 0 Å². The first kappa shape index (κ1) is 10.9. The van der Waals surface area contributed by atoms with Gasteiger partial charge in [-0.25, -0.2) is 4.98 Å². The van der Waals surface area contributed by atoms with E-state index in [-0.39, 0.29) is 11.4 Å². The van der Waals surface area contributed by atoms with Crippen LogP contribution in [-0.4, -0.2) is 9.55 Å². The van der Waals surface area contributed by atoms with Crippen LogP contribution in [0.5, 0.6) is 0 Å². The second-order valence-corrected chi connectivity index (χ2v) is 3.41. The van der Waals surface area contributed by atoms with E-state index in [1.54, 1.807) is 4.57 Å². The van der Waals surface area contributed by atoms with Crippen LogP contribution in [0.25, 0.3) is 5.69 Å². The molecule has 2 rings (SSSR count). The summed E-state index contributed by atoms with van der Waals surface area (Å²) in [5.74, 6) is 0. The monoisotopic (exact) mass is 223 g/mol. The number of aromatic nitrogens is 2. The van der Waals surface area contributed by atoms with Gasteiger partial charge in [0.25, 0.3) is 0 Å². The lowest BCUT2D eigenvalue weighted by Gasteiger charge is -2.04. The molecule has 2 aromatic rings. The minimum atomic E-state index is 0.135. The second kappa shape index (κ2) is 4.48. The van der Waals surface area contributed by atoms with Gasteiger partial charge in [-0.2, -0.15) is 10.5 Å². The highest BCUT2D eigenvalue weighted by molar-refractivity contribution is 5.44. The van der Waals surface area contributed by atoms with Crippen LogP contribution in [0.1, 0.15) is 17.0 Å². The number of benzene rings is 1. The molecule has 0 fully saturated rings. The van der Waals surface area contributed by atoms with Crippen LogP contribution in [0, 0.1) is 22.7 Å². The number of rotatable bonds is 2. The van der Waals surface area contributed by atoms with E-state index in [0.29, 0.717) is 6.54 Å².